The highest BCUT2D eigenvalue weighted by Gasteiger charge is 2.19. The molecule has 4 nitrogen and oxygen atoms in total. The molecule has 1 N–H and O–H groups in total. The Labute approximate surface area is 124 Å². The first-order valence-corrected chi connectivity index (χ1v) is 7.85. The third kappa shape index (κ3) is 4.36. The molecular formula is C16H30N4. The maximum atomic E-state index is 4.59. The highest BCUT2D eigenvalue weighted by Crippen LogP contribution is 2.27. The Kier molecular flexibility index (Phi) is 6.76. The lowest BCUT2D eigenvalue weighted by molar-refractivity contribution is 0.563. The Morgan fingerprint density at radius 2 is 1.85 bits per heavy atom. The molecule has 0 aliphatic rings. The molecule has 0 aliphatic carbocycles. The first kappa shape index (κ1) is 16.7. The summed E-state index contributed by atoms with van der Waals surface area (Å²) in [4.78, 5) is 11.4. The Hall–Kier alpha value is -1.32. The molecule has 1 aromatic rings. The molecule has 4 heteroatoms. The van der Waals surface area contributed by atoms with Crippen LogP contribution in [0.3, 0.4) is 0 Å². The summed E-state index contributed by atoms with van der Waals surface area (Å²) in [5, 5.41) is 3.37. The van der Waals surface area contributed by atoms with Crippen molar-refractivity contribution in [1.82, 2.24) is 9.97 Å². The fraction of sp³-hybridized carbons (Fsp3) is 0.750. The van der Waals surface area contributed by atoms with Gasteiger partial charge in [-0.2, -0.15) is 0 Å². The van der Waals surface area contributed by atoms with Crippen molar-refractivity contribution in [3.05, 3.63) is 11.9 Å². The third-order valence-corrected chi connectivity index (χ3v) is 3.22. The first-order valence-electron chi connectivity index (χ1n) is 7.85. The van der Waals surface area contributed by atoms with E-state index < -0.39 is 0 Å². The zero-order valence-corrected chi connectivity index (χ0v) is 13.9. The highest BCUT2D eigenvalue weighted by molar-refractivity contribution is 5.59. The molecule has 1 heterocycles. The second-order valence-electron chi connectivity index (χ2n) is 5.94. The van der Waals surface area contributed by atoms with Crippen LogP contribution >= 0.6 is 0 Å². The van der Waals surface area contributed by atoms with Gasteiger partial charge in [-0.15, -0.1) is 0 Å². The number of anilines is 2. The number of aromatic nitrogens is 2. The van der Waals surface area contributed by atoms with Gasteiger partial charge in [0.2, 0.25) is 0 Å². The minimum absolute atomic E-state index is 0.442. The molecule has 0 radical (unpaired) electrons. The Bertz CT molecular complexity index is 401. The molecular weight excluding hydrogens is 248 g/mol. The van der Waals surface area contributed by atoms with Gasteiger partial charge in [-0.25, -0.2) is 9.97 Å². The van der Waals surface area contributed by atoms with Gasteiger partial charge in [-0.1, -0.05) is 27.2 Å². The van der Waals surface area contributed by atoms with E-state index in [1.54, 1.807) is 6.33 Å². The van der Waals surface area contributed by atoms with Gasteiger partial charge in [-0.3, -0.25) is 0 Å². The van der Waals surface area contributed by atoms with E-state index in [1.165, 1.54) is 5.56 Å². The van der Waals surface area contributed by atoms with E-state index in [0.29, 0.717) is 12.0 Å². The predicted molar refractivity (Wildman–Crippen MR) is 87.5 cm³/mol. The smallest absolute Gasteiger partial charge is 0.137 e. The van der Waals surface area contributed by atoms with Crippen LogP contribution in [0.1, 0.15) is 53.5 Å². The minimum atomic E-state index is 0.442. The summed E-state index contributed by atoms with van der Waals surface area (Å²) in [7, 11) is 0. The summed E-state index contributed by atoms with van der Waals surface area (Å²) in [6.45, 7) is 15.2. The van der Waals surface area contributed by atoms with E-state index in [9.17, 15) is 0 Å². The number of rotatable bonds is 8. The molecule has 0 amide bonds. The van der Waals surface area contributed by atoms with Gasteiger partial charge in [0.1, 0.15) is 18.0 Å². The van der Waals surface area contributed by atoms with Crippen molar-refractivity contribution in [3.8, 4) is 0 Å². The van der Waals surface area contributed by atoms with Crippen molar-refractivity contribution in [2.45, 2.75) is 60.4 Å². The molecule has 0 aromatic carbocycles. The number of hydrogen-bond donors (Lipinski definition) is 1. The van der Waals surface area contributed by atoms with Gasteiger partial charge in [0, 0.05) is 24.7 Å². The van der Waals surface area contributed by atoms with Crippen LogP contribution in [0.25, 0.3) is 0 Å². The average molecular weight is 278 g/mol. The molecule has 0 bridgehead atoms. The summed E-state index contributed by atoms with van der Waals surface area (Å²) in [5.74, 6) is 2.71. The molecule has 0 spiro atoms. The summed E-state index contributed by atoms with van der Waals surface area (Å²) in [6, 6.07) is 0.442. The molecule has 1 aromatic heterocycles. The zero-order valence-electron chi connectivity index (χ0n) is 13.9. The van der Waals surface area contributed by atoms with Crippen molar-refractivity contribution in [3.63, 3.8) is 0 Å². The molecule has 114 valence electrons. The van der Waals surface area contributed by atoms with Gasteiger partial charge >= 0.3 is 0 Å². The second kappa shape index (κ2) is 8.08. The van der Waals surface area contributed by atoms with Crippen molar-refractivity contribution in [2.24, 2.45) is 5.92 Å². The lowest BCUT2D eigenvalue weighted by Crippen LogP contribution is -2.36. The van der Waals surface area contributed by atoms with E-state index in [-0.39, 0.29) is 0 Å². The van der Waals surface area contributed by atoms with Gasteiger partial charge in [-0.05, 0) is 33.1 Å². The predicted octanol–water partition coefficient (Wildman–Crippen LogP) is 3.73. The zero-order chi connectivity index (χ0) is 15.1. The van der Waals surface area contributed by atoms with E-state index in [4.69, 9.17) is 0 Å². The standard InChI is InChI=1S/C16H30N4/c1-7-9-14-15(17-8-2)18-11-19-16(14)20(13(5)6)10-12(3)4/h11-13H,7-10H2,1-6H3,(H,17,18,19). The van der Waals surface area contributed by atoms with Crippen LogP contribution in [0.15, 0.2) is 6.33 Å². The minimum Gasteiger partial charge on any atom is -0.370 e. The van der Waals surface area contributed by atoms with E-state index >= 15 is 0 Å². The quantitative estimate of drug-likeness (QED) is 0.786. The third-order valence-electron chi connectivity index (χ3n) is 3.22. The Balaban J connectivity index is 3.21. The van der Waals surface area contributed by atoms with Crippen molar-refractivity contribution < 1.29 is 0 Å². The normalized spacial score (nSPS) is 11.2. The van der Waals surface area contributed by atoms with E-state index in [1.807, 2.05) is 0 Å². The molecule has 0 saturated carbocycles. The van der Waals surface area contributed by atoms with Crippen molar-refractivity contribution in [2.75, 3.05) is 23.3 Å². The largest absolute Gasteiger partial charge is 0.370 e. The average Bonchev–Trinajstić information content (AvgIpc) is 2.38. The van der Waals surface area contributed by atoms with Crippen LogP contribution in [0.2, 0.25) is 0 Å². The van der Waals surface area contributed by atoms with Crippen LogP contribution in [-0.2, 0) is 6.42 Å². The summed E-state index contributed by atoms with van der Waals surface area (Å²) < 4.78 is 0. The van der Waals surface area contributed by atoms with Gasteiger partial charge in [0.05, 0.1) is 0 Å². The first-order chi connectivity index (χ1) is 9.51. The molecule has 0 atom stereocenters. The fourth-order valence-corrected chi connectivity index (χ4v) is 2.39. The number of hydrogen-bond acceptors (Lipinski definition) is 4. The lowest BCUT2D eigenvalue weighted by Gasteiger charge is -2.31. The van der Waals surface area contributed by atoms with Crippen LogP contribution in [0.4, 0.5) is 11.6 Å². The van der Waals surface area contributed by atoms with E-state index in [2.05, 4.69) is 61.7 Å². The SMILES string of the molecule is CCCc1c(NCC)ncnc1N(CC(C)C)C(C)C. The molecule has 0 saturated heterocycles. The topological polar surface area (TPSA) is 41.1 Å². The summed E-state index contributed by atoms with van der Waals surface area (Å²) in [5.41, 5.74) is 1.26. The van der Waals surface area contributed by atoms with Crippen LogP contribution in [0.5, 0.6) is 0 Å². The summed E-state index contributed by atoms with van der Waals surface area (Å²) in [6.07, 6.45) is 3.80. The monoisotopic (exact) mass is 278 g/mol. The molecule has 0 aliphatic heterocycles. The van der Waals surface area contributed by atoms with Gasteiger partial charge in [0.15, 0.2) is 0 Å². The highest BCUT2D eigenvalue weighted by atomic mass is 15.2. The maximum absolute atomic E-state index is 4.59. The number of nitrogens with one attached hydrogen (secondary N) is 1. The number of nitrogens with zero attached hydrogens (tertiary/aromatic N) is 3. The maximum Gasteiger partial charge on any atom is 0.137 e. The molecule has 0 fully saturated rings. The summed E-state index contributed by atoms with van der Waals surface area (Å²) >= 11 is 0. The Morgan fingerprint density at radius 1 is 1.15 bits per heavy atom. The van der Waals surface area contributed by atoms with Crippen LogP contribution in [0, 0.1) is 5.92 Å². The second-order valence-corrected chi connectivity index (χ2v) is 5.94. The van der Waals surface area contributed by atoms with Crippen molar-refractivity contribution >= 4 is 11.6 Å². The van der Waals surface area contributed by atoms with Gasteiger partial charge < -0.3 is 10.2 Å². The van der Waals surface area contributed by atoms with Crippen LogP contribution in [-0.4, -0.2) is 29.1 Å². The van der Waals surface area contributed by atoms with Gasteiger partial charge in [0.25, 0.3) is 0 Å². The Morgan fingerprint density at radius 3 is 2.35 bits per heavy atom. The van der Waals surface area contributed by atoms with Crippen LogP contribution < -0.4 is 10.2 Å². The van der Waals surface area contributed by atoms with Crippen molar-refractivity contribution in [1.29, 1.82) is 0 Å². The van der Waals surface area contributed by atoms with E-state index in [0.717, 1.165) is 37.6 Å². The molecule has 1 rings (SSSR count). The lowest BCUT2D eigenvalue weighted by atomic mass is 10.1. The molecule has 0 unspecified atom stereocenters. The fourth-order valence-electron chi connectivity index (χ4n) is 2.39. The molecule has 20 heavy (non-hydrogen) atoms.